The van der Waals surface area contributed by atoms with Crippen molar-refractivity contribution in [2.24, 2.45) is 0 Å². The zero-order valence-corrected chi connectivity index (χ0v) is 9.42. The van der Waals surface area contributed by atoms with Gasteiger partial charge in [-0.2, -0.15) is 0 Å². The Bertz CT molecular complexity index is 368. The van der Waals surface area contributed by atoms with Gasteiger partial charge in [0.2, 0.25) is 0 Å². The van der Waals surface area contributed by atoms with Gasteiger partial charge >= 0.3 is 0 Å². The van der Waals surface area contributed by atoms with E-state index in [1.54, 1.807) is 7.11 Å². The van der Waals surface area contributed by atoms with E-state index in [1.165, 1.54) is 0 Å². The zero-order chi connectivity index (χ0) is 10.9. The van der Waals surface area contributed by atoms with Crippen LogP contribution in [0.5, 0.6) is 5.75 Å². The number of benzene rings is 1. The first-order valence-corrected chi connectivity index (χ1v) is 6.05. The molecule has 1 aliphatic rings. The average Bonchev–Trinajstić information content (AvgIpc) is 2.16. The summed E-state index contributed by atoms with van der Waals surface area (Å²) >= 11 is -1.78. The van der Waals surface area contributed by atoms with E-state index in [-0.39, 0.29) is 0 Å². The second kappa shape index (κ2) is 3.94. The van der Waals surface area contributed by atoms with Crippen LogP contribution >= 0.6 is 0 Å². The molecule has 3 nitrogen and oxygen atoms in total. The summed E-state index contributed by atoms with van der Waals surface area (Å²) in [5.41, 5.74) is 0.940. The van der Waals surface area contributed by atoms with E-state index in [1.807, 2.05) is 24.3 Å². The lowest BCUT2D eigenvalue weighted by atomic mass is 9.79. The van der Waals surface area contributed by atoms with Crippen LogP contribution < -0.4 is 4.74 Å². The highest BCUT2D eigenvalue weighted by Crippen LogP contribution is 2.46. The third-order valence-electron chi connectivity index (χ3n) is 3.11. The van der Waals surface area contributed by atoms with Crippen molar-refractivity contribution in [3.8, 4) is 5.75 Å². The van der Waals surface area contributed by atoms with Gasteiger partial charge in [0.1, 0.15) is 5.75 Å². The van der Waals surface area contributed by atoms with Gasteiger partial charge in [-0.15, -0.1) is 0 Å². The maximum atomic E-state index is 11.3. The van der Waals surface area contributed by atoms with Crippen LogP contribution in [0.3, 0.4) is 0 Å². The van der Waals surface area contributed by atoms with Crippen LogP contribution in [0.4, 0.5) is 0 Å². The summed E-state index contributed by atoms with van der Waals surface area (Å²) in [6.07, 6.45) is 2.61. The van der Waals surface area contributed by atoms with E-state index in [2.05, 4.69) is 0 Å². The van der Waals surface area contributed by atoms with Crippen molar-refractivity contribution >= 4 is 11.1 Å². The van der Waals surface area contributed by atoms with E-state index in [9.17, 15) is 8.76 Å². The summed E-state index contributed by atoms with van der Waals surface area (Å²) < 4.78 is 25.2. The molecule has 1 unspecified atom stereocenters. The van der Waals surface area contributed by atoms with E-state index in [4.69, 9.17) is 4.74 Å². The van der Waals surface area contributed by atoms with Crippen LogP contribution in [0.25, 0.3) is 0 Å². The number of hydrogen-bond donors (Lipinski definition) is 1. The third kappa shape index (κ3) is 1.68. The molecule has 1 saturated carbocycles. The molecule has 1 atom stereocenters. The van der Waals surface area contributed by atoms with Crippen molar-refractivity contribution < 1.29 is 13.5 Å². The van der Waals surface area contributed by atoms with Crippen molar-refractivity contribution in [1.82, 2.24) is 0 Å². The van der Waals surface area contributed by atoms with Crippen molar-refractivity contribution in [2.45, 2.75) is 24.0 Å². The van der Waals surface area contributed by atoms with E-state index in [0.717, 1.165) is 30.6 Å². The molecule has 0 spiro atoms. The third-order valence-corrected chi connectivity index (χ3v) is 4.42. The van der Waals surface area contributed by atoms with Crippen LogP contribution in [0.15, 0.2) is 24.3 Å². The molecule has 1 aromatic carbocycles. The minimum absolute atomic E-state index is 0.522. The molecule has 1 aliphatic carbocycles. The fourth-order valence-electron chi connectivity index (χ4n) is 1.96. The maximum absolute atomic E-state index is 11.3. The molecule has 0 saturated heterocycles. The average molecular weight is 226 g/mol. The van der Waals surface area contributed by atoms with Gasteiger partial charge < -0.3 is 9.29 Å². The largest absolute Gasteiger partial charge is 0.497 e. The Morgan fingerprint density at radius 3 is 2.27 bits per heavy atom. The van der Waals surface area contributed by atoms with Gasteiger partial charge in [0.25, 0.3) is 0 Å². The normalized spacial score (nSPS) is 20.4. The van der Waals surface area contributed by atoms with Gasteiger partial charge in [0, 0.05) is 0 Å². The molecule has 82 valence electrons. The van der Waals surface area contributed by atoms with E-state index < -0.39 is 15.8 Å². The molecular formula is C11H14O3S. The molecule has 0 aliphatic heterocycles. The number of rotatable bonds is 3. The van der Waals surface area contributed by atoms with Gasteiger partial charge in [-0.3, -0.25) is 0 Å². The Hall–Kier alpha value is -0.870. The predicted octanol–water partition coefficient (Wildman–Crippen LogP) is 2.30. The lowest BCUT2D eigenvalue weighted by Gasteiger charge is -2.38. The molecule has 0 amide bonds. The number of hydrogen-bond acceptors (Lipinski definition) is 2. The summed E-state index contributed by atoms with van der Waals surface area (Å²) in [5.74, 6) is 0.775. The second-order valence-electron chi connectivity index (χ2n) is 3.83. The summed E-state index contributed by atoms with van der Waals surface area (Å²) in [5, 5.41) is 0. The van der Waals surface area contributed by atoms with Gasteiger partial charge in [0.15, 0.2) is 11.1 Å². The molecule has 0 heterocycles. The smallest absolute Gasteiger partial charge is 0.163 e. The molecule has 4 heteroatoms. The van der Waals surface area contributed by atoms with Crippen molar-refractivity contribution in [3.63, 3.8) is 0 Å². The van der Waals surface area contributed by atoms with Gasteiger partial charge in [-0.1, -0.05) is 12.1 Å². The Kier molecular flexibility index (Phi) is 2.80. The van der Waals surface area contributed by atoms with Gasteiger partial charge in [0.05, 0.1) is 11.9 Å². The fourth-order valence-corrected chi connectivity index (χ4v) is 2.93. The summed E-state index contributed by atoms with van der Waals surface area (Å²) in [7, 11) is 1.61. The fraction of sp³-hybridized carbons (Fsp3) is 0.455. The lowest BCUT2D eigenvalue weighted by Crippen LogP contribution is -2.38. The highest BCUT2D eigenvalue weighted by Gasteiger charge is 2.44. The van der Waals surface area contributed by atoms with E-state index >= 15 is 0 Å². The van der Waals surface area contributed by atoms with Crippen molar-refractivity contribution in [3.05, 3.63) is 29.8 Å². The first kappa shape index (κ1) is 10.6. The molecule has 1 fully saturated rings. The Labute approximate surface area is 91.7 Å². The van der Waals surface area contributed by atoms with E-state index in [0.29, 0.717) is 0 Å². The molecule has 1 N–H and O–H groups in total. The Balaban J connectivity index is 2.31. The number of methoxy groups -OCH3 is 1. The SMILES string of the molecule is COc1ccc(C2(S(=O)O)CCC2)cc1. The maximum Gasteiger partial charge on any atom is 0.163 e. The Morgan fingerprint density at radius 2 is 1.93 bits per heavy atom. The molecule has 0 radical (unpaired) electrons. The van der Waals surface area contributed by atoms with Crippen LogP contribution in [0.1, 0.15) is 24.8 Å². The predicted molar refractivity (Wildman–Crippen MR) is 59.3 cm³/mol. The van der Waals surface area contributed by atoms with Gasteiger partial charge in [-0.05, 0) is 37.0 Å². The molecule has 1 aromatic rings. The topological polar surface area (TPSA) is 46.5 Å². The highest BCUT2D eigenvalue weighted by molar-refractivity contribution is 7.80. The quantitative estimate of drug-likeness (QED) is 0.804. The number of ether oxygens (including phenoxy) is 1. The van der Waals surface area contributed by atoms with Crippen molar-refractivity contribution in [1.29, 1.82) is 0 Å². The molecule has 2 rings (SSSR count). The van der Waals surface area contributed by atoms with Crippen LogP contribution in [0.2, 0.25) is 0 Å². The standard InChI is InChI=1S/C11H14O3S/c1-14-10-5-3-9(4-6-10)11(15(12)13)7-2-8-11/h3-6H,2,7-8H2,1H3,(H,12,13). The van der Waals surface area contributed by atoms with Gasteiger partial charge in [-0.25, -0.2) is 4.21 Å². The minimum Gasteiger partial charge on any atom is -0.497 e. The summed E-state index contributed by atoms with van der Waals surface area (Å²) in [4.78, 5) is 0. The zero-order valence-electron chi connectivity index (χ0n) is 8.60. The summed E-state index contributed by atoms with van der Waals surface area (Å²) in [6.45, 7) is 0. The summed E-state index contributed by atoms with van der Waals surface area (Å²) in [6, 6.07) is 7.43. The highest BCUT2D eigenvalue weighted by atomic mass is 32.2. The first-order valence-electron chi connectivity index (χ1n) is 4.94. The minimum atomic E-state index is -1.78. The Morgan fingerprint density at radius 1 is 1.33 bits per heavy atom. The van der Waals surface area contributed by atoms with Crippen LogP contribution in [0, 0.1) is 0 Å². The molecule has 15 heavy (non-hydrogen) atoms. The monoisotopic (exact) mass is 226 g/mol. The van der Waals surface area contributed by atoms with Crippen molar-refractivity contribution in [2.75, 3.05) is 7.11 Å². The molecule has 0 aromatic heterocycles. The second-order valence-corrected chi connectivity index (χ2v) is 5.11. The van der Waals surface area contributed by atoms with Crippen LogP contribution in [-0.2, 0) is 15.8 Å². The molecular weight excluding hydrogens is 212 g/mol. The molecule has 0 bridgehead atoms. The lowest BCUT2D eigenvalue weighted by molar-refractivity contribution is 0.337. The first-order chi connectivity index (χ1) is 7.19. The van der Waals surface area contributed by atoms with Crippen LogP contribution in [-0.4, -0.2) is 15.9 Å².